The summed E-state index contributed by atoms with van der Waals surface area (Å²) in [5, 5.41) is 0. The highest BCUT2D eigenvalue weighted by Gasteiger charge is 2.45. The topological polar surface area (TPSA) is 26.3 Å². The van der Waals surface area contributed by atoms with Crippen molar-refractivity contribution in [1.82, 2.24) is 0 Å². The fraction of sp³-hybridized carbons (Fsp3) is 0.923. The molecular formula is C13H22O2. The molecule has 0 aromatic heterocycles. The van der Waals surface area contributed by atoms with Gasteiger partial charge in [-0.1, -0.05) is 19.3 Å². The summed E-state index contributed by atoms with van der Waals surface area (Å²) in [5.41, 5.74) is -0.158. The van der Waals surface area contributed by atoms with E-state index in [1.54, 1.807) is 0 Å². The van der Waals surface area contributed by atoms with E-state index in [0.717, 1.165) is 12.3 Å². The number of carbonyl (C=O) groups is 1. The van der Waals surface area contributed by atoms with Gasteiger partial charge >= 0.3 is 5.97 Å². The molecule has 0 aromatic rings. The minimum atomic E-state index is -0.158. The number of ether oxygens (including phenoxy) is 1. The third-order valence-corrected chi connectivity index (χ3v) is 4.32. The lowest BCUT2D eigenvalue weighted by atomic mass is 9.63. The zero-order valence-electron chi connectivity index (χ0n) is 9.92. The molecule has 0 spiro atoms. The van der Waals surface area contributed by atoms with Crippen molar-refractivity contribution in [3.63, 3.8) is 0 Å². The van der Waals surface area contributed by atoms with Crippen LogP contribution in [0.5, 0.6) is 0 Å². The monoisotopic (exact) mass is 210 g/mol. The lowest BCUT2D eigenvalue weighted by molar-refractivity contribution is -0.171. The molecule has 3 atom stereocenters. The zero-order valence-corrected chi connectivity index (χ0v) is 9.92. The molecule has 0 heterocycles. The third-order valence-electron chi connectivity index (χ3n) is 4.32. The summed E-state index contributed by atoms with van der Waals surface area (Å²) in [6.45, 7) is 3.69. The normalized spacial score (nSPS) is 40.7. The van der Waals surface area contributed by atoms with E-state index in [-0.39, 0.29) is 11.6 Å². The van der Waals surface area contributed by atoms with E-state index in [2.05, 4.69) is 6.92 Å². The van der Waals surface area contributed by atoms with Crippen molar-refractivity contribution in [1.29, 1.82) is 0 Å². The Morgan fingerprint density at radius 3 is 2.60 bits per heavy atom. The van der Waals surface area contributed by atoms with Gasteiger partial charge in [0.15, 0.2) is 0 Å². The molecule has 86 valence electrons. The molecular weight excluding hydrogens is 188 g/mol. The fourth-order valence-corrected chi connectivity index (χ4v) is 3.71. The molecule has 0 radical (unpaired) electrons. The van der Waals surface area contributed by atoms with Crippen molar-refractivity contribution >= 4 is 5.97 Å². The molecule has 0 amide bonds. The van der Waals surface area contributed by atoms with Gasteiger partial charge in [0.25, 0.3) is 0 Å². The lowest BCUT2D eigenvalue weighted by Gasteiger charge is -2.47. The van der Waals surface area contributed by atoms with Crippen LogP contribution in [0, 0.1) is 11.8 Å². The first-order chi connectivity index (χ1) is 7.12. The highest BCUT2D eigenvalue weighted by molar-refractivity contribution is 5.66. The Balaban J connectivity index is 2.11. The number of carbonyl (C=O) groups excluding carboxylic acids is 1. The smallest absolute Gasteiger partial charge is 0.303 e. The number of esters is 1. The number of hydrogen-bond donors (Lipinski definition) is 0. The van der Waals surface area contributed by atoms with Gasteiger partial charge < -0.3 is 4.74 Å². The molecule has 0 aromatic carbocycles. The van der Waals surface area contributed by atoms with Gasteiger partial charge in [0, 0.05) is 12.8 Å². The first-order valence-corrected chi connectivity index (χ1v) is 6.31. The summed E-state index contributed by atoms with van der Waals surface area (Å²) in [5.74, 6) is 1.34. The van der Waals surface area contributed by atoms with Crippen LogP contribution in [-0.4, -0.2) is 11.6 Å². The predicted octanol–water partition coefficient (Wildman–Crippen LogP) is 3.30. The van der Waals surface area contributed by atoms with Crippen molar-refractivity contribution < 1.29 is 9.53 Å². The minimum Gasteiger partial charge on any atom is -0.459 e. The Labute approximate surface area is 92.4 Å². The maximum Gasteiger partial charge on any atom is 0.303 e. The Morgan fingerprint density at radius 2 is 1.87 bits per heavy atom. The second-order valence-corrected chi connectivity index (χ2v) is 5.45. The van der Waals surface area contributed by atoms with Crippen LogP contribution in [0.4, 0.5) is 0 Å². The standard InChI is InChI=1S/C13H22O2/c1-10(14)15-13(2)9-5-7-11-6-3-4-8-12(11)13/h11-12H,3-9H2,1-2H3. The minimum absolute atomic E-state index is 0.108. The van der Waals surface area contributed by atoms with Crippen molar-refractivity contribution in [2.75, 3.05) is 0 Å². The average molecular weight is 210 g/mol. The summed E-state index contributed by atoms with van der Waals surface area (Å²) in [6, 6.07) is 0. The van der Waals surface area contributed by atoms with Gasteiger partial charge in [-0.2, -0.15) is 0 Å². The molecule has 2 saturated carbocycles. The first kappa shape index (κ1) is 11.0. The van der Waals surface area contributed by atoms with Crippen LogP contribution < -0.4 is 0 Å². The lowest BCUT2D eigenvalue weighted by Crippen LogP contribution is -2.47. The average Bonchev–Trinajstić information content (AvgIpc) is 2.17. The van der Waals surface area contributed by atoms with Crippen LogP contribution in [0.25, 0.3) is 0 Å². The van der Waals surface area contributed by atoms with Gasteiger partial charge in [0.1, 0.15) is 5.60 Å². The molecule has 2 aliphatic rings. The van der Waals surface area contributed by atoms with E-state index in [1.807, 2.05) is 0 Å². The van der Waals surface area contributed by atoms with Crippen LogP contribution in [0.3, 0.4) is 0 Å². The van der Waals surface area contributed by atoms with Gasteiger partial charge in [-0.3, -0.25) is 4.79 Å². The quantitative estimate of drug-likeness (QED) is 0.621. The molecule has 0 aliphatic heterocycles. The summed E-state index contributed by atoms with van der Waals surface area (Å²) < 4.78 is 5.61. The van der Waals surface area contributed by atoms with Crippen molar-refractivity contribution in [3.8, 4) is 0 Å². The van der Waals surface area contributed by atoms with Crippen LogP contribution in [-0.2, 0) is 9.53 Å². The van der Waals surface area contributed by atoms with Crippen LogP contribution in [0.1, 0.15) is 58.8 Å². The zero-order chi connectivity index (χ0) is 10.9. The van der Waals surface area contributed by atoms with Gasteiger partial charge in [0.05, 0.1) is 0 Å². The van der Waals surface area contributed by atoms with E-state index in [9.17, 15) is 4.79 Å². The van der Waals surface area contributed by atoms with Crippen molar-refractivity contribution in [3.05, 3.63) is 0 Å². The number of fused-ring (bicyclic) bond motifs is 1. The molecule has 0 N–H and O–H groups in total. The molecule has 2 nitrogen and oxygen atoms in total. The van der Waals surface area contributed by atoms with E-state index in [1.165, 1.54) is 45.4 Å². The molecule has 2 fully saturated rings. The van der Waals surface area contributed by atoms with Gasteiger partial charge in [-0.25, -0.2) is 0 Å². The van der Waals surface area contributed by atoms with Crippen LogP contribution >= 0.6 is 0 Å². The molecule has 0 bridgehead atoms. The molecule has 2 aliphatic carbocycles. The van der Waals surface area contributed by atoms with E-state index in [4.69, 9.17) is 4.74 Å². The Kier molecular flexibility index (Phi) is 3.03. The van der Waals surface area contributed by atoms with Gasteiger partial charge in [0.2, 0.25) is 0 Å². The van der Waals surface area contributed by atoms with Crippen molar-refractivity contribution in [2.45, 2.75) is 64.4 Å². The highest BCUT2D eigenvalue weighted by Crippen LogP contribution is 2.47. The summed E-state index contributed by atoms with van der Waals surface area (Å²) in [7, 11) is 0. The largest absolute Gasteiger partial charge is 0.459 e. The molecule has 2 rings (SSSR count). The molecule has 2 heteroatoms. The first-order valence-electron chi connectivity index (χ1n) is 6.31. The maximum atomic E-state index is 11.2. The van der Waals surface area contributed by atoms with Crippen LogP contribution in [0.15, 0.2) is 0 Å². The van der Waals surface area contributed by atoms with E-state index < -0.39 is 0 Å². The second-order valence-electron chi connectivity index (χ2n) is 5.45. The van der Waals surface area contributed by atoms with E-state index in [0.29, 0.717) is 5.92 Å². The molecule has 3 unspecified atom stereocenters. The van der Waals surface area contributed by atoms with Gasteiger partial charge in [-0.05, 0) is 38.5 Å². The number of rotatable bonds is 1. The van der Waals surface area contributed by atoms with Gasteiger partial charge in [-0.15, -0.1) is 0 Å². The molecule has 0 saturated heterocycles. The van der Waals surface area contributed by atoms with Crippen LogP contribution in [0.2, 0.25) is 0 Å². The summed E-state index contributed by atoms with van der Waals surface area (Å²) in [4.78, 5) is 11.2. The SMILES string of the molecule is CC(=O)OC1(C)CCCC2CCCCC21. The molecule has 15 heavy (non-hydrogen) atoms. The number of hydrogen-bond acceptors (Lipinski definition) is 2. The van der Waals surface area contributed by atoms with E-state index >= 15 is 0 Å². The summed E-state index contributed by atoms with van der Waals surface area (Å²) in [6.07, 6.45) is 8.94. The fourth-order valence-electron chi connectivity index (χ4n) is 3.71. The van der Waals surface area contributed by atoms with Crippen molar-refractivity contribution in [2.24, 2.45) is 11.8 Å². The highest BCUT2D eigenvalue weighted by atomic mass is 16.6. The Bertz CT molecular complexity index is 247. The summed E-state index contributed by atoms with van der Waals surface area (Å²) >= 11 is 0. The second kappa shape index (κ2) is 4.15. The Morgan fingerprint density at radius 1 is 1.20 bits per heavy atom. The maximum absolute atomic E-state index is 11.2. The predicted molar refractivity (Wildman–Crippen MR) is 59.5 cm³/mol. The Hall–Kier alpha value is -0.530. The third kappa shape index (κ3) is 2.19.